The zero-order valence-electron chi connectivity index (χ0n) is 24.7. The highest BCUT2D eigenvalue weighted by Gasteiger charge is 2.42. The van der Waals surface area contributed by atoms with E-state index in [0.29, 0.717) is 23.6 Å². The maximum Gasteiger partial charge on any atom is 0.419 e. The summed E-state index contributed by atoms with van der Waals surface area (Å²) in [6, 6.07) is 0. The van der Waals surface area contributed by atoms with E-state index in [2.05, 4.69) is 30.2 Å². The number of alkyl halides is 3. The molecule has 0 atom stereocenters. The molecule has 11 nitrogen and oxygen atoms in total. The van der Waals surface area contributed by atoms with Crippen LogP contribution in [0.25, 0.3) is 11.6 Å². The van der Waals surface area contributed by atoms with Crippen molar-refractivity contribution in [1.29, 1.82) is 0 Å². The highest BCUT2D eigenvalue weighted by Crippen LogP contribution is 2.44. The van der Waals surface area contributed by atoms with E-state index in [1.54, 1.807) is 13.1 Å². The number of rotatable bonds is 8. The Morgan fingerprint density at radius 1 is 1.23 bits per heavy atom. The molecule has 4 N–H and O–H groups in total. The van der Waals surface area contributed by atoms with Crippen LogP contribution in [-0.4, -0.2) is 69.9 Å². The third-order valence-corrected chi connectivity index (χ3v) is 8.12. The summed E-state index contributed by atoms with van der Waals surface area (Å²) in [6.07, 6.45) is -0.201. The molecule has 3 aromatic rings. The Hall–Kier alpha value is -4.17. The van der Waals surface area contributed by atoms with Gasteiger partial charge in [0.05, 0.1) is 47.3 Å². The molecule has 0 spiro atoms. The van der Waals surface area contributed by atoms with E-state index < -0.39 is 34.8 Å². The number of hydrogen-bond donors (Lipinski definition) is 3. The third-order valence-electron chi connectivity index (χ3n) is 7.85. The van der Waals surface area contributed by atoms with Gasteiger partial charge in [0.15, 0.2) is 5.82 Å². The number of aryl methyl sites for hydroxylation is 2. The number of H-pyrrole nitrogens is 1. The summed E-state index contributed by atoms with van der Waals surface area (Å²) >= 11 is 6.41. The molecule has 5 rings (SSSR count). The zero-order chi connectivity index (χ0) is 31.9. The summed E-state index contributed by atoms with van der Waals surface area (Å²) in [5.74, 6) is -1.17. The van der Waals surface area contributed by atoms with Gasteiger partial charge in [-0.05, 0) is 52.8 Å². The predicted octanol–water partition coefficient (Wildman–Crippen LogP) is 4.30. The monoisotopic (exact) mass is 632 g/mol. The highest BCUT2D eigenvalue weighted by molar-refractivity contribution is 6.41. The standard InChI is InChI=1S/C29H32ClF3N8O3/c1-14-12-36-19(15(2)23(14)44-4)13-41-25-21(24(30)38-28(34)39-25)17(27(41)43)11-18-22(29(31,32)33)20(16(3)37-18)26(42)35-7-10-40-8-5-6-9-40/h11-12,37H,5-10,13H2,1-4H3,(H,35,42)(H2,34,38,39)/b17-11+. The number of anilines is 2. The summed E-state index contributed by atoms with van der Waals surface area (Å²) < 4.78 is 49.1. The van der Waals surface area contributed by atoms with E-state index in [9.17, 15) is 22.8 Å². The van der Waals surface area contributed by atoms with E-state index >= 15 is 0 Å². The average Bonchev–Trinajstić information content (AvgIpc) is 3.64. The van der Waals surface area contributed by atoms with E-state index in [4.69, 9.17) is 22.1 Å². The van der Waals surface area contributed by atoms with Crippen molar-refractivity contribution in [3.05, 3.63) is 56.2 Å². The second-order valence-electron chi connectivity index (χ2n) is 10.8. The number of fused-ring (bicyclic) bond motifs is 1. The van der Waals surface area contributed by atoms with Crippen LogP contribution in [0.3, 0.4) is 0 Å². The smallest absolute Gasteiger partial charge is 0.419 e. The number of halogens is 4. The molecular weight excluding hydrogens is 601 g/mol. The van der Waals surface area contributed by atoms with Crippen molar-refractivity contribution in [2.45, 2.75) is 46.3 Å². The molecule has 5 heterocycles. The van der Waals surface area contributed by atoms with Crippen LogP contribution in [0, 0.1) is 20.8 Å². The zero-order valence-corrected chi connectivity index (χ0v) is 25.4. The quantitative estimate of drug-likeness (QED) is 0.247. The maximum absolute atomic E-state index is 14.5. The Balaban J connectivity index is 1.55. The van der Waals surface area contributed by atoms with Crippen molar-refractivity contribution in [3.63, 3.8) is 0 Å². The van der Waals surface area contributed by atoms with Crippen LogP contribution in [0.15, 0.2) is 6.20 Å². The molecule has 15 heteroatoms. The SMILES string of the molecule is COc1c(C)cnc(CN2C(=O)/C(=C/c3[nH]c(C)c(C(=O)NCCN4CCCC4)c3C(F)(F)F)c3c(Cl)nc(N)nc32)c1C. The summed E-state index contributed by atoms with van der Waals surface area (Å²) in [5.41, 5.74) is 5.37. The molecular formula is C29H32ClF3N8O3. The number of methoxy groups -OCH3 is 1. The number of nitrogens with one attached hydrogen (secondary N) is 2. The number of nitrogen functional groups attached to an aromatic ring is 1. The first-order valence-corrected chi connectivity index (χ1v) is 14.4. The van der Waals surface area contributed by atoms with Crippen molar-refractivity contribution in [2.24, 2.45) is 0 Å². The normalized spacial score (nSPS) is 16.2. The Morgan fingerprint density at radius 2 is 1.93 bits per heavy atom. The number of ether oxygens (including phenoxy) is 1. The van der Waals surface area contributed by atoms with Crippen molar-refractivity contribution in [1.82, 2.24) is 30.2 Å². The van der Waals surface area contributed by atoms with Gasteiger partial charge in [0.1, 0.15) is 10.9 Å². The van der Waals surface area contributed by atoms with Crippen molar-refractivity contribution in [2.75, 3.05) is 43.9 Å². The summed E-state index contributed by atoms with van der Waals surface area (Å²) in [5, 5.41) is 2.40. The van der Waals surface area contributed by atoms with Crippen LogP contribution >= 0.6 is 11.6 Å². The van der Waals surface area contributed by atoms with Crippen LogP contribution in [0.2, 0.25) is 5.15 Å². The number of amides is 2. The fourth-order valence-corrected chi connectivity index (χ4v) is 6.05. The van der Waals surface area contributed by atoms with Gasteiger partial charge < -0.3 is 25.7 Å². The number of nitrogens with two attached hydrogens (primary N) is 1. The lowest BCUT2D eigenvalue weighted by Gasteiger charge is -2.19. The molecule has 2 aliphatic rings. The van der Waals surface area contributed by atoms with Gasteiger partial charge in [-0.2, -0.15) is 18.2 Å². The largest absolute Gasteiger partial charge is 0.496 e. The van der Waals surface area contributed by atoms with Crippen LogP contribution in [0.4, 0.5) is 24.9 Å². The van der Waals surface area contributed by atoms with Gasteiger partial charge >= 0.3 is 6.18 Å². The fraction of sp³-hybridized carbons (Fsp3) is 0.414. The molecule has 0 aliphatic carbocycles. The van der Waals surface area contributed by atoms with Crippen LogP contribution in [0.1, 0.15) is 62.5 Å². The van der Waals surface area contributed by atoms with Gasteiger partial charge in [0, 0.05) is 36.1 Å². The molecule has 2 aliphatic heterocycles. The lowest BCUT2D eigenvalue weighted by Crippen LogP contribution is -2.34. The predicted molar refractivity (Wildman–Crippen MR) is 159 cm³/mol. The van der Waals surface area contributed by atoms with Gasteiger partial charge in [0.25, 0.3) is 11.8 Å². The topological polar surface area (TPSA) is 142 Å². The Labute approximate surface area is 256 Å². The van der Waals surface area contributed by atoms with E-state index in [1.165, 1.54) is 18.9 Å². The summed E-state index contributed by atoms with van der Waals surface area (Å²) in [4.78, 5) is 45.5. The number of likely N-dealkylation sites (tertiary alicyclic amines) is 1. The Morgan fingerprint density at radius 3 is 2.59 bits per heavy atom. The number of carbonyl (C=O) groups is 2. The minimum absolute atomic E-state index is 0.00315. The van der Waals surface area contributed by atoms with Crippen molar-refractivity contribution in [3.8, 4) is 5.75 Å². The summed E-state index contributed by atoms with van der Waals surface area (Å²) in [6.45, 7) is 7.40. The minimum atomic E-state index is -4.93. The Kier molecular flexibility index (Phi) is 8.58. The molecule has 2 amide bonds. The van der Waals surface area contributed by atoms with Gasteiger partial charge in [-0.25, -0.2) is 4.98 Å². The van der Waals surface area contributed by atoms with Gasteiger partial charge in [-0.3, -0.25) is 19.5 Å². The second-order valence-corrected chi connectivity index (χ2v) is 11.1. The number of hydrogen-bond acceptors (Lipinski definition) is 8. The number of carbonyl (C=O) groups excluding carboxylic acids is 2. The number of pyridine rings is 1. The lowest BCUT2D eigenvalue weighted by molar-refractivity contribution is -0.138. The summed E-state index contributed by atoms with van der Waals surface area (Å²) in [7, 11) is 1.52. The van der Waals surface area contributed by atoms with Gasteiger partial charge in [-0.1, -0.05) is 11.6 Å². The molecule has 44 heavy (non-hydrogen) atoms. The van der Waals surface area contributed by atoms with E-state index in [1.807, 2.05) is 6.92 Å². The van der Waals surface area contributed by atoms with E-state index in [0.717, 1.165) is 37.6 Å². The third kappa shape index (κ3) is 5.83. The first-order valence-electron chi connectivity index (χ1n) is 14.0. The van der Waals surface area contributed by atoms with Gasteiger partial charge in [0.2, 0.25) is 5.95 Å². The minimum Gasteiger partial charge on any atom is -0.496 e. The number of aromatic nitrogens is 4. The fourth-order valence-electron chi connectivity index (χ4n) is 5.78. The van der Waals surface area contributed by atoms with E-state index in [-0.39, 0.29) is 46.8 Å². The molecule has 0 radical (unpaired) electrons. The molecule has 0 bridgehead atoms. The molecule has 1 fully saturated rings. The molecule has 0 aromatic carbocycles. The van der Waals surface area contributed by atoms with Crippen molar-refractivity contribution >= 4 is 46.8 Å². The Bertz CT molecular complexity index is 1660. The van der Waals surface area contributed by atoms with Crippen molar-refractivity contribution < 1.29 is 27.5 Å². The maximum atomic E-state index is 14.5. The molecule has 0 saturated carbocycles. The van der Waals surface area contributed by atoms with Gasteiger partial charge in [-0.15, -0.1) is 0 Å². The molecule has 1 saturated heterocycles. The average molecular weight is 633 g/mol. The lowest BCUT2D eigenvalue weighted by atomic mass is 10.0. The highest BCUT2D eigenvalue weighted by atomic mass is 35.5. The number of nitrogens with zero attached hydrogens (tertiary/aromatic N) is 5. The molecule has 0 unspecified atom stereocenters. The first kappa shape index (κ1) is 31.3. The molecule has 234 valence electrons. The number of aromatic amines is 1. The van der Waals surface area contributed by atoms with Crippen LogP contribution < -0.4 is 20.7 Å². The second kappa shape index (κ2) is 12.1. The molecule has 3 aromatic heterocycles. The van der Waals surface area contributed by atoms with Crippen LogP contribution in [-0.2, 0) is 17.5 Å². The first-order chi connectivity index (χ1) is 20.8. The van der Waals surface area contributed by atoms with Crippen LogP contribution in [0.5, 0.6) is 5.75 Å².